The molecule has 0 radical (unpaired) electrons. The van der Waals surface area contributed by atoms with Gasteiger partial charge in [0.2, 0.25) is 0 Å². The second kappa shape index (κ2) is 3.24. The fourth-order valence-corrected chi connectivity index (χ4v) is 1.67. The molecule has 15 heavy (non-hydrogen) atoms. The van der Waals surface area contributed by atoms with Gasteiger partial charge in [-0.25, -0.2) is 4.68 Å². The number of rotatable bonds is 1. The van der Waals surface area contributed by atoms with Crippen LogP contribution in [0.5, 0.6) is 0 Å². The second-order valence-electron chi connectivity index (χ2n) is 3.38. The standard InChI is InChI=1S/C11H10N4/c1-2-4-10(5-3-1)15-11-9(7-14-15)6-12-8-13-11/h1-5,7-8H,6H2,(H,12,13). The zero-order chi connectivity index (χ0) is 10.1. The quantitative estimate of drug-likeness (QED) is 0.759. The zero-order valence-electron chi connectivity index (χ0n) is 8.09. The van der Waals surface area contributed by atoms with E-state index in [1.165, 1.54) is 0 Å². The van der Waals surface area contributed by atoms with Crippen molar-refractivity contribution in [1.82, 2.24) is 9.78 Å². The predicted octanol–water partition coefficient (Wildman–Crippen LogP) is 1.83. The number of nitrogens with one attached hydrogen (secondary N) is 1. The summed E-state index contributed by atoms with van der Waals surface area (Å²) in [5, 5.41) is 7.46. The fraction of sp³-hybridized carbons (Fsp3) is 0.0909. The molecular formula is C11H10N4. The molecule has 1 N–H and O–H groups in total. The van der Waals surface area contributed by atoms with E-state index in [1.54, 1.807) is 6.34 Å². The number of nitrogens with zero attached hydrogens (tertiary/aromatic N) is 3. The van der Waals surface area contributed by atoms with Crippen molar-refractivity contribution < 1.29 is 0 Å². The summed E-state index contributed by atoms with van der Waals surface area (Å²) in [7, 11) is 0. The maximum Gasteiger partial charge on any atom is 0.139 e. The van der Waals surface area contributed by atoms with Gasteiger partial charge in [0.05, 0.1) is 24.8 Å². The molecular weight excluding hydrogens is 188 g/mol. The van der Waals surface area contributed by atoms with Crippen LogP contribution >= 0.6 is 0 Å². The lowest BCUT2D eigenvalue weighted by atomic mass is 10.3. The Morgan fingerprint density at radius 2 is 2.07 bits per heavy atom. The molecule has 4 nitrogen and oxygen atoms in total. The Morgan fingerprint density at radius 1 is 1.20 bits per heavy atom. The Kier molecular flexibility index (Phi) is 1.78. The summed E-state index contributed by atoms with van der Waals surface area (Å²) in [6.07, 6.45) is 3.56. The highest BCUT2D eigenvalue weighted by Crippen LogP contribution is 2.21. The summed E-state index contributed by atoms with van der Waals surface area (Å²) in [4.78, 5) is 4.14. The van der Waals surface area contributed by atoms with Crippen molar-refractivity contribution in [1.29, 1.82) is 0 Å². The van der Waals surface area contributed by atoms with Gasteiger partial charge in [-0.2, -0.15) is 5.10 Å². The molecule has 1 aliphatic rings. The molecule has 74 valence electrons. The molecule has 3 rings (SSSR count). The molecule has 0 bridgehead atoms. The largest absolute Gasteiger partial charge is 0.331 e. The van der Waals surface area contributed by atoms with E-state index in [-0.39, 0.29) is 0 Å². The number of anilines is 1. The van der Waals surface area contributed by atoms with E-state index < -0.39 is 0 Å². The van der Waals surface area contributed by atoms with E-state index in [0.717, 1.165) is 17.1 Å². The van der Waals surface area contributed by atoms with Crippen LogP contribution in [0.3, 0.4) is 0 Å². The molecule has 1 aliphatic heterocycles. The zero-order valence-corrected chi connectivity index (χ0v) is 8.09. The average Bonchev–Trinajstić information content (AvgIpc) is 2.74. The van der Waals surface area contributed by atoms with Gasteiger partial charge in [0.1, 0.15) is 5.82 Å². The van der Waals surface area contributed by atoms with Crippen molar-refractivity contribution >= 4 is 12.2 Å². The number of fused-ring (bicyclic) bond motifs is 1. The van der Waals surface area contributed by atoms with Gasteiger partial charge in [-0.15, -0.1) is 0 Å². The summed E-state index contributed by atoms with van der Waals surface area (Å²) in [6, 6.07) is 10.1. The van der Waals surface area contributed by atoms with E-state index in [0.29, 0.717) is 6.54 Å². The predicted molar refractivity (Wildman–Crippen MR) is 59.4 cm³/mol. The molecule has 0 amide bonds. The Balaban J connectivity index is 2.11. The smallest absolute Gasteiger partial charge is 0.139 e. The first-order valence-electron chi connectivity index (χ1n) is 4.82. The number of hydrogen-bond acceptors (Lipinski definition) is 3. The van der Waals surface area contributed by atoms with Crippen molar-refractivity contribution in [2.45, 2.75) is 6.54 Å². The van der Waals surface area contributed by atoms with Gasteiger partial charge < -0.3 is 5.32 Å². The molecule has 0 saturated heterocycles. The molecule has 4 heteroatoms. The average molecular weight is 198 g/mol. The Morgan fingerprint density at radius 3 is 2.93 bits per heavy atom. The van der Waals surface area contributed by atoms with Crippen LogP contribution in [0.1, 0.15) is 5.56 Å². The van der Waals surface area contributed by atoms with E-state index >= 15 is 0 Å². The monoisotopic (exact) mass is 198 g/mol. The van der Waals surface area contributed by atoms with Crippen LogP contribution in [-0.4, -0.2) is 16.1 Å². The van der Waals surface area contributed by atoms with Gasteiger partial charge >= 0.3 is 0 Å². The van der Waals surface area contributed by atoms with Crippen LogP contribution in [-0.2, 0) is 6.54 Å². The van der Waals surface area contributed by atoms with Gasteiger partial charge in [0.15, 0.2) is 0 Å². The molecule has 1 aromatic heterocycles. The number of benzene rings is 1. The third-order valence-electron chi connectivity index (χ3n) is 2.40. The van der Waals surface area contributed by atoms with Gasteiger partial charge in [0.25, 0.3) is 0 Å². The Bertz CT molecular complexity index is 499. The Labute approximate surface area is 87.3 Å². The van der Waals surface area contributed by atoms with E-state index in [1.807, 2.05) is 41.2 Å². The summed E-state index contributed by atoms with van der Waals surface area (Å²) >= 11 is 0. The summed E-state index contributed by atoms with van der Waals surface area (Å²) in [5.41, 5.74) is 2.18. The van der Waals surface area contributed by atoms with Crippen molar-refractivity contribution in [2.24, 2.45) is 4.99 Å². The third kappa shape index (κ3) is 1.30. The first-order valence-corrected chi connectivity index (χ1v) is 4.82. The van der Waals surface area contributed by atoms with E-state index in [9.17, 15) is 0 Å². The SMILES string of the molecule is C1=NCc2cnn(-c3ccccc3)c2N1. The van der Waals surface area contributed by atoms with Gasteiger partial charge in [-0.1, -0.05) is 18.2 Å². The number of aliphatic imine (C=N–C) groups is 1. The summed E-state index contributed by atoms with van der Waals surface area (Å²) in [5.74, 6) is 1.01. The van der Waals surface area contributed by atoms with E-state index in [4.69, 9.17) is 0 Å². The topological polar surface area (TPSA) is 42.2 Å². The maximum absolute atomic E-state index is 4.34. The first kappa shape index (κ1) is 8.23. The normalized spacial score (nSPS) is 13.3. The lowest BCUT2D eigenvalue weighted by Crippen LogP contribution is -2.09. The molecule has 0 unspecified atom stereocenters. The van der Waals surface area contributed by atoms with Crippen LogP contribution in [0, 0.1) is 0 Å². The lowest BCUT2D eigenvalue weighted by Gasteiger charge is -2.10. The summed E-state index contributed by atoms with van der Waals surface area (Å²) < 4.78 is 1.89. The maximum atomic E-state index is 4.34. The number of hydrogen-bond donors (Lipinski definition) is 1. The van der Waals surface area contributed by atoms with Crippen LogP contribution < -0.4 is 5.32 Å². The minimum Gasteiger partial charge on any atom is -0.331 e. The third-order valence-corrected chi connectivity index (χ3v) is 2.40. The van der Waals surface area contributed by atoms with Crippen molar-refractivity contribution in [3.05, 3.63) is 42.1 Å². The lowest BCUT2D eigenvalue weighted by molar-refractivity contribution is 0.888. The van der Waals surface area contributed by atoms with Crippen molar-refractivity contribution in [2.75, 3.05) is 5.32 Å². The highest BCUT2D eigenvalue weighted by Gasteiger charge is 2.12. The number of aromatic nitrogens is 2. The van der Waals surface area contributed by atoms with Crippen LogP contribution in [0.2, 0.25) is 0 Å². The number of para-hydroxylation sites is 1. The first-order chi connectivity index (χ1) is 7.45. The van der Waals surface area contributed by atoms with E-state index in [2.05, 4.69) is 15.4 Å². The minimum absolute atomic E-state index is 0.704. The molecule has 2 heterocycles. The summed E-state index contributed by atoms with van der Waals surface area (Å²) in [6.45, 7) is 0.704. The van der Waals surface area contributed by atoms with Gasteiger partial charge in [-0.3, -0.25) is 4.99 Å². The minimum atomic E-state index is 0.704. The molecule has 0 spiro atoms. The molecule has 2 aromatic rings. The van der Waals surface area contributed by atoms with Gasteiger partial charge in [0, 0.05) is 5.56 Å². The van der Waals surface area contributed by atoms with Crippen LogP contribution in [0.15, 0.2) is 41.5 Å². The van der Waals surface area contributed by atoms with Crippen LogP contribution in [0.25, 0.3) is 5.69 Å². The molecule has 0 aliphatic carbocycles. The fourth-order valence-electron chi connectivity index (χ4n) is 1.67. The van der Waals surface area contributed by atoms with Gasteiger partial charge in [-0.05, 0) is 12.1 Å². The highest BCUT2D eigenvalue weighted by molar-refractivity contribution is 5.78. The Hall–Kier alpha value is -2.10. The highest BCUT2D eigenvalue weighted by atomic mass is 15.3. The molecule has 0 fully saturated rings. The van der Waals surface area contributed by atoms with Crippen molar-refractivity contribution in [3.8, 4) is 5.69 Å². The van der Waals surface area contributed by atoms with Crippen LogP contribution in [0.4, 0.5) is 5.82 Å². The molecule has 0 atom stereocenters. The molecule has 1 aromatic carbocycles. The van der Waals surface area contributed by atoms with Crippen molar-refractivity contribution in [3.63, 3.8) is 0 Å². The second-order valence-corrected chi connectivity index (χ2v) is 3.38. The molecule has 0 saturated carbocycles.